The third-order valence-electron chi connectivity index (χ3n) is 10.8. The monoisotopic (exact) mass is 684 g/mol. The largest absolute Gasteiger partial charge is 0.0622 e. The van der Waals surface area contributed by atoms with E-state index in [4.69, 9.17) is 0 Å². The van der Waals surface area contributed by atoms with E-state index in [1.54, 1.807) is 0 Å². The van der Waals surface area contributed by atoms with E-state index in [9.17, 15) is 0 Å². The van der Waals surface area contributed by atoms with Crippen LogP contribution < -0.4 is 0 Å². The predicted octanol–water partition coefficient (Wildman–Crippen LogP) is 15.1. The van der Waals surface area contributed by atoms with E-state index in [2.05, 4.69) is 218 Å². The zero-order valence-corrected chi connectivity index (χ0v) is 29.8. The first-order chi connectivity index (χ1) is 26.8. The van der Waals surface area contributed by atoms with Gasteiger partial charge < -0.3 is 0 Å². The first-order valence-corrected chi connectivity index (χ1v) is 18.7. The fourth-order valence-corrected chi connectivity index (χ4v) is 8.36. The molecule has 0 saturated heterocycles. The molecule has 0 nitrogen and oxygen atoms in total. The van der Waals surface area contributed by atoms with Crippen molar-refractivity contribution >= 4 is 32.3 Å². The highest BCUT2D eigenvalue weighted by Gasteiger charge is 2.19. The van der Waals surface area contributed by atoms with Crippen LogP contribution in [0.2, 0.25) is 0 Å². The van der Waals surface area contributed by atoms with Crippen molar-refractivity contribution in [1.29, 1.82) is 0 Å². The molecule has 0 aliphatic rings. The summed E-state index contributed by atoms with van der Waals surface area (Å²) < 4.78 is 0. The Bertz CT molecular complexity index is 2900. The van der Waals surface area contributed by atoms with Crippen LogP contribution in [0.4, 0.5) is 0 Å². The van der Waals surface area contributed by atoms with Crippen LogP contribution >= 0.6 is 0 Å². The molecule has 0 unspecified atom stereocenters. The Morgan fingerprint density at radius 2 is 0.574 bits per heavy atom. The van der Waals surface area contributed by atoms with Gasteiger partial charge in [-0.1, -0.05) is 200 Å². The Morgan fingerprint density at radius 1 is 0.185 bits per heavy atom. The summed E-state index contributed by atoms with van der Waals surface area (Å²) in [6, 6.07) is 79.8. The standard InChI is InChI=1S/C54H36/c1-4-16-37(17-5-1)41-22-14-23-42(34-41)43-24-15-25-44(35-43)53-46(38-18-6-2-7-19-38)33-32-39-30-31-45(36-51(39)53)54-49-28-12-10-26-47(49)52(40-20-8-3-9-21-40)48-27-11-13-29-50(48)54/h1-36H. The van der Waals surface area contributed by atoms with Crippen molar-refractivity contribution in [3.05, 3.63) is 218 Å². The predicted molar refractivity (Wildman–Crippen MR) is 232 cm³/mol. The summed E-state index contributed by atoms with van der Waals surface area (Å²) in [6.45, 7) is 0. The number of fused-ring (bicyclic) bond motifs is 3. The SMILES string of the molecule is c1ccc(-c2cccc(-c3cccc(-c4c(-c5ccccc5)ccc5ccc(-c6c7ccccc7c(-c7ccccc7)c7ccccc67)cc45)c3)c2)cc1. The average molecular weight is 685 g/mol. The Hall–Kier alpha value is -7.02. The van der Waals surface area contributed by atoms with Crippen molar-refractivity contribution in [1.82, 2.24) is 0 Å². The highest BCUT2D eigenvalue weighted by molar-refractivity contribution is 6.22. The maximum Gasteiger partial charge on any atom is -0.00261 e. The summed E-state index contributed by atoms with van der Waals surface area (Å²) in [5.74, 6) is 0. The van der Waals surface area contributed by atoms with Gasteiger partial charge in [0.1, 0.15) is 0 Å². The lowest BCUT2D eigenvalue weighted by Crippen LogP contribution is -1.92. The van der Waals surface area contributed by atoms with Gasteiger partial charge >= 0.3 is 0 Å². The molecule has 10 aromatic rings. The van der Waals surface area contributed by atoms with Crippen LogP contribution in [0.15, 0.2) is 218 Å². The molecule has 0 heterocycles. The minimum Gasteiger partial charge on any atom is -0.0622 e. The second kappa shape index (κ2) is 13.5. The fourth-order valence-electron chi connectivity index (χ4n) is 8.36. The van der Waals surface area contributed by atoms with Gasteiger partial charge in [0, 0.05) is 0 Å². The summed E-state index contributed by atoms with van der Waals surface area (Å²) in [5.41, 5.74) is 14.7. The summed E-state index contributed by atoms with van der Waals surface area (Å²) >= 11 is 0. The van der Waals surface area contributed by atoms with Gasteiger partial charge in [-0.25, -0.2) is 0 Å². The number of benzene rings is 10. The van der Waals surface area contributed by atoms with Crippen LogP contribution in [0.25, 0.3) is 99.1 Å². The lowest BCUT2D eigenvalue weighted by atomic mass is 9.84. The minimum absolute atomic E-state index is 1.20. The molecule has 10 aromatic carbocycles. The van der Waals surface area contributed by atoms with Crippen LogP contribution in [0.3, 0.4) is 0 Å². The summed E-state index contributed by atoms with van der Waals surface area (Å²) in [7, 11) is 0. The lowest BCUT2D eigenvalue weighted by Gasteiger charge is -2.19. The molecule has 252 valence electrons. The average Bonchev–Trinajstić information content (AvgIpc) is 3.26. The third kappa shape index (κ3) is 5.57. The van der Waals surface area contributed by atoms with Gasteiger partial charge in [-0.05, 0) is 117 Å². The Labute approximate surface area is 316 Å². The molecule has 0 aliphatic carbocycles. The fraction of sp³-hybridized carbons (Fsp3) is 0. The van der Waals surface area contributed by atoms with E-state index in [1.165, 1.54) is 99.1 Å². The van der Waals surface area contributed by atoms with E-state index >= 15 is 0 Å². The second-order valence-corrected chi connectivity index (χ2v) is 14.0. The summed E-state index contributed by atoms with van der Waals surface area (Å²) in [6.07, 6.45) is 0. The lowest BCUT2D eigenvalue weighted by molar-refractivity contribution is 1.57. The van der Waals surface area contributed by atoms with Crippen LogP contribution in [0, 0.1) is 0 Å². The van der Waals surface area contributed by atoms with Crippen LogP contribution in [0.5, 0.6) is 0 Å². The molecule has 54 heavy (non-hydrogen) atoms. The van der Waals surface area contributed by atoms with Gasteiger partial charge in [0.25, 0.3) is 0 Å². The molecule has 0 heteroatoms. The van der Waals surface area contributed by atoms with Crippen LogP contribution in [0.1, 0.15) is 0 Å². The Balaban J connectivity index is 1.22. The number of hydrogen-bond donors (Lipinski definition) is 0. The van der Waals surface area contributed by atoms with E-state index in [-0.39, 0.29) is 0 Å². The number of rotatable bonds is 6. The quantitative estimate of drug-likeness (QED) is 0.153. The molecule has 0 aliphatic heterocycles. The van der Waals surface area contributed by atoms with E-state index < -0.39 is 0 Å². The molecular weight excluding hydrogens is 649 g/mol. The molecule has 0 aromatic heterocycles. The van der Waals surface area contributed by atoms with E-state index in [0.717, 1.165) is 0 Å². The van der Waals surface area contributed by atoms with Crippen LogP contribution in [-0.2, 0) is 0 Å². The first-order valence-electron chi connectivity index (χ1n) is 18.7. The van der Waals surface area contributed by atoms with Crippen molar-refractivity contribution in [3.8, 4) is 66.8 Å². The van der Waals surface area contributed by atoms with Gasteiger partial charge in [0.15, 0.2) is 0 Å². The van der Waals surface area contributed by atoms with Crippen molar-refractivity contribution in [3.63, 3.8) is 0 Å². The highest BCUT2D eigenvalue weighted by Crippen LogP contribution is 2.46. The maximum absolute atomic E-state index is 2.44. The van der Waals surface area contributed by atoms with Gasteiger partial charge in [0.05, 0.1) is 0 Å². The summed E-state index contributed by atoms with van der Waals surface area (Å²) in [5, 5.41) is 7.51. The Kier molecular flexibility index (Phi) is 7.93. The topological polar surface area (TPSA) is 0 Å². The van der Waals surface area contributed by atoms with Crippen molar-refractivity contribution in [2.24, 2.45) is 0 Å². The normalized spacial score (nSPS) is 11.3. The number of hydrogen-bond acceptors (Lipinski definition) is 0. The van der Waals surface area contributed by atoms with Crippen molar-refractivity contribution in [2.75, 3.05) is 0 Å². The molecule has 0 spiro atoms. The molecule has 0 saturated carbocycles. The molecule has 0 atom stereocenters. The van der Waals surface area contributed by atoms with E-state index in [1.807, 2.05) is 0 Å². The zero-order valence-electron chi connectivity index (χ0n) is 29.8. The minimum atomic E-state index is 1.20. The van der Waals surface area contributed by atoms with Crippen LogP contribution in [-0.4, -0.2) is 0 Å². The van der Waals surface area contributed by atoms with Gasteiger partial charge in [-0.15, -0.1) is 0 Å². The summed E-state index contributed by atoms with van der Waals surface area (Å²) in [4.78, 5) is 0. The molecule has 0 fully saturated rings. The van der Waals surface area contributed by atoms with Crippen molar-refractivity contribution < 1.29 is 0 Å². The molecule has 0 amide bonds. The van der Waals surface area contributed by atoms with Gasteiger partial charge in [0.2, 0.25) is 0 Å². The smallest absolute Gasteiger partial charge is 0.00261 e. The van der Waals surface area contributed by atoms with Crippen molar-refractivity contribution in [2.45, 2.75) is 0 Å². The molecule has 0 radical (unpaired) electrons. The maximum atomic E-state index is 2.44. The Morgan fingerprint density at radius 3 is 1.15 bits per heavy atom. The zero-order chi connectivity index (χ0) is 35.8. The molecule has 0 bridgehead atoms. The second-order valence-electron chi connectivity index (χ2n) is 14.0. The first kappa shape index (κ1) is 31.7. The third-order valence-corrected chi connectivity index (χ3v) is 10.8. The molecule has 10 rings (SSSR count). The van der Waals surface area contributed by atoms with Gasteiger partial charge in [-0.2, -0.15) is 0 Å². The highest BCUT2D eigenvalue weighted by atomic mass is 14.2. The van der Waals surface area contributed by atoms with Gasteiger partial charge in [-0.3, -0.25) is 0 Å². The van der Waals surface area contributed by atoms with E-state index in [0.29, 0.717) is 0 Å². The molecule has 0 N–H and O–H groups in total. The molecular formula is C54H36.